The highest BCUT2D eigenvalue weighted by atomic mass is 19.4. The maximum Gasteiger partial charge on any atom is 0.405 e. The largest absolute Gasteiger partial charge is 0.405 e. The molecule has 1 aromatic rings. The van der Waals surface area contributed by atoms with Crippen LogP contribution in [-0.2, 0) is 4.79 Å². The summed E-state index contributed by atoms with van der Waals surface area (Å²) in [6.07, 6.45) is -0.370. The van der Waals surface area contributed by atoms with Crippen molar-refractivity contribution in [2.45, 2.75) is 44.8 Å². The van der Waals surface area contributed by atoms with Gasteiger partial charge in [-0.2, -0.15) is 13.2 Å². The lowest BCUT2D eigenvalue weighted by Gasteiger charge is -2.31. The molecule has 1 aliphatic carbocycles. The predicted octanol–water partition coefficient (Wildman–Crippen LogP) is 3.10. The SMILES string of the molecule is Cc1ccc(C(=O)NCC(F)(F)F)cc1NC(=O)C1CCN(C2CC2)CC1. The van der Waals surface area contributed by atoms with Crippen molar-refractivity contribution in [3.8, 4) is 0 Å². The van der Waals surface area contributed by atoms with Crippen molar-refractivity contribution in [3.05, 3.63) is 29.3 Å². The Morgan fingerprint density at radius 3 is 2.41 bits per heavy atom. The molecule has 2 aliphatic rings. The van der Waals surface area contributed by atoms with Crippen molar-refractivity contribution in [1.29, 1.82) is 0 Å². The minimum Gasteiger partial charge on any atom is -0.343 e. The molecular formula is C19H24F3N3O2. The number of halogens is 3. The molecule has 8 heteroatoms. The van der Waals surface area contributed by atoms with Gasteiger partial charge in [-0.1, -0.05) is 6.07 Å². The van der Waals surface area contributed by atoms with Crippen LogP contribution in [0.25, 0.3) is 0 Å². The summed E-state index contributed by atoms with van der Waals surface area (Å²) < 4.78 is 36.8. The molecule has 1 saturated carbocycles. The van der Waals surface area contributed by atoms with E-state index >= 15 is 0 Å². The molecule has 1 aromatic carbocycles. The fourth-order valence-electron chi connectivity index (χ4n) is 3.38. The number of alkyl halides is 3. The standard InChI is InChI=1S/C19H24F3N3O2/c1-12-2-3-14(17(26)23-11-19(20,21)22)10-16(12)24-18(27)13-6-8-25(9-7-13)15-4-5-15/h2-3,10,13,15H,4-9,11H2,1H3,(H,23,26)(H,24,27). The molecule has 0 spiro atoms. The van der Waals surface area contributed by atoms with Gasteiger partial charge in [0.1, 0.15) is 6.54 Å². The molecular weight excluding hydrogens is 359 g/mol. The predicted molar refractivity (Wildman–Crippen MR) is 95.5 cm³/mol. The van der Waals surface area contributed by atoms with E-state index in [0.29, 0.717) is 11.7 Å². The molecule has 5 nitrogen and oxygen atoms in total. The van der Waals surface area contributed by atoms with Crippen LogP contribution in [0.4, 0.5) is 18.9 Å². The molecule has 0 radical (unpaired) electrons. The molecule has 3 rings (SSSR count). The van der Waals surface area contributed by atoms with Crippen LogP contribution in [0.2, 0.25) is 0 Å². The Hall–Kier alpha value is -2.09. The van der Waals surface area contributed by atoms with Crippen molar-refractivity contribution in [1.82, 2.24) is 10.2 Å². The number of benzene rings is 1. The van der Waals surface area contributed by atoms with Crippen molar-refractivity contribution >= 4 is 17.5 Å². The Morgan fingerprint density at radius 1 is 1.15 bits per heavy atom. The van der Waals surface area contributed by atoms with Crippen LogP contribution in [0.1, 0.15) is 41.6 Å². The van der Waals surface area contributed by atoms with Gasteiger partial charge in [0.05, 0.1) is 0 Å². The molecule has 148 valence electrons. The minimum absolute atomic E-state index is 0.0814. The summed E-state index contributed by atoms with van der Waals surface area (Å²) in [4.78, 5) is 26.9. The smallest absolute Gasteiger partial charge is 0.343 e. The lowest BCUT2D eigenvalue weighted by Crippen LogP contribution is -2.39. The minimum atomic E-state index is -4.47. The van der Waals surface area contributed by atoms with Crippen LogP contribution >= 0.6 is 0 Å². The van der Waals surface area contributed by atoms with Gasteiger partial charge in [0, 0.05) is 23.2 Å². The van der Waals surface area contributed by atoms with Crippen LogP contribution in [0.15, 0.2) is 18.2 Å². The maximum absolute atomic E-state index is 12.6. The first-order valence-corrected chi connectivity index (χ1v) is 9.23. The Bertz CT molecular complexity index is 709. The molecule has 0 bridgehead atoms. The first-order chi connectivity index (χ1) is 12.7. The van der Waals surface area contributed by atoms with Gasteiger partial charge in [0.2, 0.25) is 5.91 Å². The van der Waals surface area contributed by atoms with Crippen LogP contribution < -0.4 is 10.6 Å². The van der Waals surface area contributed by atoms with Gasteiger partial charge < -0.3 is 15.5 Å². The normalized spacial score (nSPS) is 19.0. The molecule has 2 fully saturated rings. The number of aryl methyl sites for hydroxylation is 1. The molecule has 2 N–H and O–H groups in total. The van der Waals surface area contributed by atoms with E-state index in [1.165, 1.54) is 25.0 Å². The van der Waals surface area contributed by atoms with Crippen molar-refractivity contribution in [2.24, 2.45) is 5.92 Å². The number of nitrogens with zero attached hydrogens (tertiary/aromatic N) is 1. The summed E-state index contributed by atoms with van der Waals surface area (Å²) in [6.45, 7) is 2.23. The number of carbonyl (C=O) groups is 2. The van der Waals surface area contributed by atoms with Gasteiger partial charge in [-0.3, -0.25) is 9.59 Å². The van der Waals surface area contributed by atoms with Gasteiger partial charge in [0.25, 0.3) is 5.91 Å². The zero-order chi connectivity index (χ0) is 19.6. The quantitative estimate of drug-likeness (QED) is 0.821. The van der Waals surface area contributed by atoms with Gasteiger partial charge in [-0.15, -0.1) is 0 Å². The van der Waals surface area contributed by atoms with Crippen molar-refractivity contribution < 1.29 is 22.8 Å². The third-order valence-electron chi connectivity index (χ3n) is 5.17. The number of hydrogen-bond donors (Lipinski definition) is 2. The highest BCUT2D eigenvalue weighted by molar-refractivity contribution is 5.98. The Balaban J connectivity index is 1.59. The monoisotopic (exact) mass is 383 g/mol. The molecule has 1 saturated heterocycles. The number of piperidine rings is 1. The Kier molecular flexibility index (Phi) is 5.74. The third-order valence-corrected chi connectivity index (χ3v) is 5.17. The lowest BCUT2D eigenvalue weighted by atomic mass is 9.95. The third kappa shape index (κ3) is 5.45. The second kappa shape index (κ2) is 7.88. The molecule has 1 aliphatic heterocycles. The average Bonchev–Trinajstić information content (AvgIpc) is 3.46. The molecule has 2 amide bonds. The second-order valence-corrected chi connectivity index (χ2v) is 7.36. The number of amides is 2. The van der Waals surface area contributed by atoms with Gasteiger partial charge >= 0.3 is 6.18 Å². The number of anilines is 1. The summed E-state index contributed by atoms with van der Waals surface area (Å²) in [5.41, 5.74) is 1.30. The van der Waals surface area contributed by atoms with Gasteiger partial charge in [-0.25, -0.2) is 0 Å². The van der Waals surface area contributed by atoms with E-state index in [9.17, 15) is 22.8 Å². The van der Waals surface area contributed by atoms with Crippen LogP contribution in [0, 0.1) is 12.8 Å². The number of carbonyl (C=O) groups excluding carboxylic acids is 2. The first-order valence-electron chi connectivity index (χ1n) is 9.23. The first kappa shape index (κ1) is 19.7. The van der Waals surface area contributed by atoms with E-state index in [2.05, 4.69) is 10.2 Å². The fourth-order valence-corrected chi connectivity index (χ4v) is 3.38. The number of rotatable bonds is 5. The van der Waals surface area contributed by atoms with Gasteiger partial charge in [0.15, 0.2) is 0 Å². The summed E-state index contributed by atoms with van der Waals surface area (Å²) >= 11 is 0. The molecule has 1 heterocycles. The molecule has 27 heavy (non-hydrogen) atoms. The highest BCUT2D eigenvalue weighted by Crippen LogP contribution is 2.31. The van der Waals surface area contributed by atoms with E-state index in [1.54, 1.807) is 13.0 Å². The van der Waals surface area contributed by atoms with Crippen molar-refractivity contribution in [3.63, 3.8) is 0 Å². The van der Waals surface area contributed by atoms with Crippen molar-refractivity contribution in [2.75, 3.05) is 25.0 Å². The van der Waals surface area contributed by atoms with E-state index < -0.39 is 18.6 Å². The summed E-state index contributed by atoms with van der Waals surface area (Å²) in [6, 6.07) is 5.19. The number of nitrogens with one attached hydrogen (secondary N) is 2. The summed E-state index contributed by atoms with van der Waals surface area (Å²) in [5.74, 6) is -0.996. The summed E-state index contributed by atoms with van der Waals surface area (Å²) in [5, 5.41) is 4.69. The van der Waals surface area contributed by atoms with Crippen LogP contribution in [0.3, 0.4) is 0 Å². The number of likely N-dealkylation sites (tertiary alicyclic amines) is 1. The topological polar surface area (TPSA) is 61.4 Å². The molecule has 0 unspecified atom stereocenters. The fraction of sp³-hybridized carbons (Fsp3) is 0.579. The Morgan fingerprint density at radius 2 is 1.81 bits per heavy atom. The average molecular weight is 383 g/mol. The second-order valence-electron chi connectivity index (χ2n) is 7.36. The maximum atomic E-state index is 12.6. The van der Waals surface area contributed by atoms with Crippen LogP contribution in [-0.4, -0.2) is 48.6 Å². The van der Waals surface area contributed by atoms with E-state index in [0.717, 1.165) is 31.5 Å². The van der Waals surface area contributed by atoms with E-state index in [4.69, 9.17) is 0 Å². The highest BCUT2D eigenvalue weighted by Gasteiger charge is 2.33. The zero-order valence-corrected chi connectivity index (χ0v) is 15.2. The lowest BCUT2D eigenvalue weighted by molar-refractivity contribution is -0.123. The van der Waals surface area contributed by atoms with Crippen LogP contribution in [0.5, 0.6) is 0 Å². The van der Waals surface area contributed by atoms with E-state index in [-0.39, 0.29) is 17.4 Å². The molecule has 0 aromatic heterocycles. The molecule has 0 atom stereocenters. The Labute approximate surface area is 156 Å². The summed E-state index contributed by atoms with van der Waals surface area (Å²) in [7, 11) is 0. The zero-order valence-electron chi connectivity index (χ0n) is 15.2. The van der Waals surface area contributed by atoms with Gasteiger partial charge in [-0.05, 0) is 63.4 Å². The van der Waals surface area contributed by atoms with E-state index in [1.807, 2.05) is 5.32 Å². The number of hydrogen-bond acceptors (Lipinski definition) is 3.